The Balaban J connectivity index is 1.44. The minimum Gasteiger partial charge on any atom is -0.497 e. The molecule has 7 heteroatoms. The van der Waals surface area contributed by atoms with Crippen molar-refractivity contribution < 1.29 is 14.3 Å². The summed E-state index contributed by atoms with van der Waals surface area (Å²) in [4.78, 5) is 27.4. The van der Waals surface area contributed by atoms with Crippen LogP contribution < -0.4 is 4.74 Å². The number of H-pyrrole nitrogens is 1. The second-order valence-electron chi connectivity index (χ2n) is 9.47. The highest BCUT2D eigenvalue weighted by Gasteiger charge is 2.34. The number of carbonyl (C=O) groups excluding carboxylic acids is 1. The number of hydrogen-bond donors (Lipinski definition) is 1. The van der Waals surface area contributed by atoms with Crippen LogP contribution in [0.1, 0.15) is 45.5 Å². The number of fused-ring (bicyclic) bond motifs is 2. The van der Waals surface area contributed by atoms with Crippen LogP contribution >= 0.6 is 0 Å². The first-order valence-corrected chi connectivity index (χ1v) is 11.2. The molecule has 1 saturated heterocycles. The Labute approximate surface area is 192 Å². The van der Waals surface area contributed by atoms with Crippen molar-refractivity contribution >= 4 is 27.9 Å². The molecule has 1 aliphatic heterocycles. The summed E-state index contributed by atoms with van der Waals surface area (Å²) >= 11 is 0. The lowest BCUT2D eigenvalue weighted by molar-refractivity contribution is 0.0219. The molecule has 5 rings (SSSR count). The lowest BCUT2D eigenvalue weighted by Gasteiger charge is -2.27. The third-order valence-electron chi connectivity index (χ3n) is 5.92. The maximum Gasteiger partial charge on any atom is 0.410 e. The maximum absolute atomic E-state index is 12.7. The molecule has 170 valence electrons. The largest absolute Gasteiger partial charge is 0.497 e. The van der Waals surface area contributed by atoms with Crippen LogP contribution in [0, 0.1) is 0 Å². The first-order chi connectivity index (χ1) is 15.8. The van der Waals surface area contributed by atoms with Gasteiger partial charge in [0.15, 0.2) is 0 Å². The van der Waals surface area contributed by atoms with Crippen molar-refractivity contribution in [2.75, 3.05) is 13.7 Å². The van der Waals surface area contributed by atoms with E-state index in [1.807, 2.05) is 57.3 Å². The number of nitrogens with zero attached hydrogens (tertiary/aromatic N) is 3. The topological polar surface area (TPSA) is 80.3 Å². The van der Waals surface area contributed by atoms with Gasteiger partial charge in [0, 0.05) is 23.7 Å². The Morgan fingerprint density at radius 3 is 2.76 bits per heavy atom. The predicted molar refractivity (Wildman–Crippen MR) is 128 cm³/mol. The van der Waals surface area contributed by atoms with E-state index in [2.05, 4.69) is 22.1 Å². The predicted octanol–water partition coefficient (Wildman–Crippen LogP) is 5.86. The summed E-state index contributed by atoms with van der Waals surface area (Å²) in [5, 5.41) is 2.14. The van der Waals surface area contributed by atoms with Crippen molar-refractivity contribution in [1.82, 2.24) is 19.9 Å². The minimum absolute atomic E-state index is 0.107. The number of benzene rings is 2. The van der Waals surface area contributed by atoms with Gasteiger partial charge in [0.1, 0.15) is 17.2 Å². The van der Waals surface area contributed by atoms with Crippen molar-refractivity contribution in [3.8, 4) is 17.0 Å². The summed E-state index contributed by atoms with van der Waals surface area (Å²) in [7, 11) is 1.66. The average Bonchev–Trinajstić information content (AvgIpc) is 3.43. The van der Waals surface area contributed by atoms with Crippen molar-refractivity contribution in [2.45, 2.75) is 45.3 Å². The van der Waals surface area contributed by atoms with Gasteiger partial charge in [-0.15, -0.1) is 0 Å². The van der Waals surface area contributed by atoms with E-state index in [0.717, 1.165) is 57.5 Å². The smallest absolute Gasteiger partial charge is 0.410 e. The summed E-state index contributed by atoms with van der Waals surface area (Å²) in [6.45, 7) is 6.33. The van der Waals surface area contributed by atoms with Crippen LogP contribution in [0.4, 0.5) is 4.79 Å². The highest BCUT2D eigenvalue weighted by molar-refractivity contribution is 5.88. The van der Waals surface area contributed by atoms with Crippen molar-refractivity contribution in [3.63, 3.8) is 0 Å². The fraction of sp³-hybridized carbons (Fsp3) is 0.346. The summed E-state index contributed by atoms with van der Waals surface area (Å²) in [5.41, 5.74) is 3.17. The van der Waals surface area contributed by atoms with E-state index >= 15 is 0 Å². The molecule has 1 atom stereocenters. The van der Waals surface area contributed by atoms with E-state index in [0.29, 0.717) is 6.54 Å². The SMILES string of the molecule is COc1ccc2cc(-c3ccc4nc(C5CCCN5C(=O)OC(C)(C)C)[nH]c4c3)ncc2c1. The number of rotatable bonds is 3. The number of nitrogens with one attached hydrogen (secondary N) is 1. The standard InChI is InChI=1S/C26H28N4O3/c1-26(2,3)33-25(31)30-11-5-6-23(30)24-28-20-10-8-17(14-22(20)29-24)21-13-16-7-9-19(32-4)12-18(16)15-27-21/h7-10,12-15,23H,5-6,11H2,1-4H3,(H,28,29). The molecule has 0 saturated carbocycles. The molecule has 4 aromatic rings. The number of carbonyl (C=O) groups is 1. The molecule has 33 heavy (non-hydrogen) atoms. The highest BCUT2D eigenvalue weighted by Crippen LogP contribution is 2.34. The summed E-state index contributed by atoms with van der Waals surface area (Å²) in [5.74, 6) is 1.61. The molecule has 0 spiro atoms. The third-order valence-corrected chi connectivity index (χ3v) is 5.92. The van der Waals surface area contributed by atoms with E-state index in [1.165, 1.54) is 0 Å². The van der Waals surface area contributed by atoms with E-state index in [1.54, 1.807) is 12.0 Å². The van der Waals surface area contributed by atoms with Gasteiger partial charge in [-0.2, -0.15) is 0 Å². The summed E-state index contributed by atoms with van der Waals surface area (Å²) in [6, 6.07) is 14.0. The van der Waals surface area contributed by atoms with Crippen molar-refractivity contribution in [2.24, 2.45) is 0 Å². The van der Waals surface area contributed by atoms with E-state index < -0.39 is 5.60 Å². The Kier molecular flexibility index (Phi) is 5.19. The van der Waals surface area contributed by atoms with Gasteiger partial charge in [-0.25, -0.2) is 9.78 Å². The van der Waals surface area contributed by atoms with Crippen LogP contribution in [0.5, 0.6) is 5.75 Å². The molecule has 2 aromatic heterocycles. The molecule has 1 N–H and O–H groups in total. The molecule has 1 fully saturated rings. The van der Waals surface area contributed by atoms with Gasteiger partial charge in [0.2, 0.25) is 0 Å². The fourth-order valence-corrected chi connectivity index (χ4v) is 4.34. The number of hydrogen-bond acceptors (Lipinski definition) is 5. The second kappa shape index (κ2) is 8.06. The molecule has 0 aliphatic carbocycles. The Morgan fingerprint density at radius 2 is 1.97 bits per heavy atom. The molecular weight excluding hydrogens is 416 g/mol. The Bertz CT molecular complexity index is 1340. The lowest BCUT2D eigenvalue weighted by atomic mass is 10.1. The second-order valence-corrected chi connectivity index (χ2v) is 9.47. The molecule has 2 aromatic carbocycles. The lowest BCUT2D eigenvalue weighted by Crippen LogP contribution is -2.36. The summed E-state index contributed by atoms with van der Waals surface area (Å²) < 4.78 is 10.9. The first kappa shape index (κ1) is 21.2. The number of pyridine rings is 1. The molecule has 7 nitrogen and oxygen atoms in total. The Morgan fingerprint density at radius 1 is 1.12 bits per heavy atom. The third kappa shape index (κ3) is 4.23. The van der Waals surface area contributed by atoms with Gasteiger partial charge in [0.25, 0.3) is 0 Å². The number of amides is 1. The molecule has 0 bridgehead atoms. The summed E-state index contributed by atoms with van der Waals surface area (Å²) in [6.07, 6.45) is 3.37. The molecule has 0 radical (unpaired) electrons. The monoisotopic (exact) mass is 444 g/mol. The number of aromatic amines is 1. The highest BCUT2D eigenvalue weighted by atomic mass is 16.6. The van der Waals surface area contributed by atoms with Crippen molar-refractivity contribution in [1.29, 1.82) is 0 Å². The number of aromatic nitrogens is 3. The van der Waals surface area contributed by atoms with E-state index in [4.69, 9.17) is 14.5 Å². The van der Waals surface area contributed by atoms with Crippen LogP contribution in [0.25, 0.3) is 33.1 Å². The quantitative estimate of drug-likeness (QED) is 0.428. The zero-order valence-corrected chi connectivity index (χ0v) is 19.4. The van der Waals surface area contributed by atoms with Gasteiger partial charge in [0.05, 0.1) is 29.9 Å². The maximum atomic E-state index is 12.7. The van der Waals surface area contributed by atoms with Crippen molar-refractivity contribution in [3.05, 3.63) is 54.5 Å². The van der Waals surface area contributed by atoms with Crippen LogP contribution in [0.3, 0.4) is 0 Å². The minimum atomic E-state index is -0.523. The van der Waals surface area contributed by atoms with Gasteiger partial charge >= 0.3 is 6.09 Å². The van der Waals surface area contributed by atoms with Crippen LogP contribution in [0.2, 0.25) is 0 Å². The number of ether oxygens (including phenoxy) is 2. The molecule has 1 unspecified atom stereocenters. The van der Waals surface area contributed by atoms with Gasteiger partial charge < -0.3 is 14.5 Å². The van der Waals surface area contributed by atoms with Gasteiger partial charge in [-0.05, 0) is 69.3 Å². The van der Waals surface area contributed by atoms with E-state index in [-0.39, 0.29) is 12.1 Å². The molecule has 1 amide bonds. The average molecular weight is 445 g/mol. The number of likely N-dealkylation sites (tertiary alicyclic amines) is 1. The normalized spacial score (nSPS) is 16.5. The molecule has 3 heterocycles. The van der Waals surface area contributed by atoms with Gasteiger partial charge in [-0.1, -0.05) is 12.1 Å². The number of methoxy groups -OCH3 is 1. The van der Waals surface area contributed by atoms with Gasteiger partial charge in [-0.3, -0.25) is 9.88 Å². The van der Waals surface area contributed by atoms with Crippen LogP contribution in [-0.2, 0) is 4.74 Å². The Hall–Kier alpha value is -3.61. The zero-order chi connectivity index (χ0) is 23.2. The number of imidazole rings is 1. The first-order valence-electron chi connectivity index (χ1n) is 11.2. The molecular formula is C26H28N4O3. The van der Waals surface area contributed by atoms with Crippen LogP contribution in [0.15, 0.2) is 48.7 Å². The fourth-order valence-electron chi connectivity index (χ4n) is 4.34. The molecule has 1 aliphatic rings. The zero-order valence-electron chi connectivity index (χ0n) is 19.4. The van der Waals surface area contributed by atoms with Crippen LogP contribution in [-0.4, -0.2) is 45.2 Å². The van der Waals surface area contributed by atoms with E-state index in [9.17, 15) is 4.79 Å².